The Morgan fingerprint density at radius 2 is 1.79 bits per heavy atom. The summed E-state index contributed by atoms with van der Waals surface area (Å²) in [6.45, 7) is 4.61. The highest BCUT2D eigenvalue weighted by Crippen LogP contribution is 2.25. The number of hydrogen-bond acceptors (Lipinski definition) is 6. The first-order chi connectivity index (χ1) is 15.7. The van der Waals surface area contributed by atoms with Crippen LogP contribution in [0.4, 0.5) is 5.69 Å². The van der Waals surface area contributed by atoms with Crippen LogP contribution in [0.25, 0.3) is 0 Å². The van der Waals surface area contributed by atoms with Crippen LogP contribution in [0.2, 0.25) is 5.02 Å². The van der Waals surface area contributed by atoms with Gasteiger partial charge in [-0.1, -0.05) is 11.6 Å². The van der Waals surface area contributed by atoms with Gasteiger partial charge in [0.1, 0.15) is 5.75 Å². The number of aryl methyl sites for hydroxylation is 1. The molecule has 3 rings (SSSR count). The number of nitrogens with zero attached hydrogens (tertiary/aromatic N) is 1. The van der Waals surface area contributed by atoms with E-state index in [9.17, 15) is 18.0 Å². The van der Waals surface area contributed by atoms with Crippen molar-refractivity contribution in [3.63, 3.8) is 0 Å². The lowest BCUT2D eigenvalue weighted by Crippen LogP contribution is -2.42. The van der Waals surface area contributed by atoms with Gasteiger partial charge in [-0.15, -0.1) is 0 Å². The molecule has 178 valence electrons. The standard InChI is InChI=1S/C23H27ClN2O6S/c1-3-31-23(28)17-10-12-26(13-11-17)22(27)15-32-21-9-8-20(14-16(21)2)33(29,30)25-19-6-4-18(24)5-7-19/h4-9,14,17,25H,3,10-13,15H2,1-2H3. The molecule has 0 saturated carbocycles. The van der Waals surface area contributed by atoms with Crippen LogP contribution < -0.4 is 9.46 Å². The fourth-order valence-electron chi connectivity index (χ4n) is 3.54. The summed E-state index contributed by atoms with van der Waals surface area (Å²) in [7, 11) is -3.79. The summed E-state index contributed by atoms with van der Waals surface area (Å²) in [4.78, 5) is 26.1. The second-order valence-corrected chi connectivity index (χ2v) is 9.85. The second-order valence-electron chi connectivity index (χ2n) is 7.74. The Morgan fingerprint density at radius 1 is 1.12 bits per heavy atom. The predicted molar refractivity (Wildman–Crippen MR) is 125 cm³/mol. The molecule has 8 nitrogen and oxygen atoms in total. The molecule has 1 aliphatic heterocycles. The van der Waals surface area contributed by atoms with Gasteiger partial charge in [0.05, 0.1) is 17.4 Å². The smallest absolute Gasteiger partial charge is 0.309 e. The first-order valence-corrected chi connectivity index (χ1v) is 12.5. The minimum atomic E-state index is -3.79. The number of hydrogen-bond donors (Lipinski definition) is 1. The van der Waals surface area contributed by atoms with Crippen LogP contribution in [0.3, 0.4) is 0 Å². The number of carbonyl (C=O) groups is 2. The van der Waals surface area contributed by atoms with E-state index in [0.29, 0.717) is 54.6 Å². The van der Waals surface area contributed by atoms with Crippen LogP contribution >= 0.6 is 11.6 Å². The molecule has 10 heteroatoms. The van der Waals surface area contributed by atoms with Gasteiger partial charge in [-0.25, -0.2) is 8.42 Å². The summed E-state index contributed by atoms with van der Waals surface area (Å²) in [5, 5.41) is 0.508. The van der Waals surface area contributed by atoms with Gasteiger partial charge in [0.2, 0.25) is 0 Å². The number of benzene rings is 2. The largest absolute Gasteiger partial charge is 0.483 e. The normalized spacial score (nSPS) is 14.6. The quantitative estimate of drug-likeness (QED) is 0.562. The summed E-state index contributed by atoms with van der Waals surface area (Å²) in [6, 6.07) is 10.8. The number of esters is 1. The van der Waals surface area contributed by atoms with Crippen molar-refractivity contribution < 1.29 is 27.5 Å². The Balaban J connectivity index is 1.55. The lowest BCUT2D eigenvalue weighted by atomic mass is 9.97. The van der Waals surface area contributed by atoms with E-state index in [1.165, 1.54) is 18.2 Å². The third kappa shape index (κ3) is 6.61. The summed E-state index contributed by atoms with van der Waals surface area (Å²) in [5.41, 5.74) is 0.984. The van der Waals surface area contributed by atoms with Crippen LogP contribution in [0.1, 0.15) is 25.3 Å². The van der Waals surface area contributed by atoms with E-state index in [1.807, 2.05) is 0 Å². The van der Waals surface area contributed by atoms with Crippen molar-refractivity contribution in [1.29, 1.82) is 0 Å². The fraction of sp³-hybridized carbons (Fsp3) is 0.391. The number of ether oxygens (including phenoxy) is 2. The van der Waals surface area contributed by atoms with Crippen LogP contribution in [0.15, 0.2) is 47.4 Å². The maximum atomic E-state index is 12.7. The van der Waals surface area contributed by atoms with Gasteiger partial charge in [-0.2, -0.15) is 0 Å². The molecule has 2 aromatic carbocycles. The van der Waals surface area contributed by atoms with Gasteiger partial charge in [0, 0.05) is 23.8 Å². The molecule has 0 radical (unpaired) electrons. The molecule has 2 aromatic rings. The Labute approximate surface area is 198 Å². The zero-order chi connectivity index (χ0) is 24.0. The number of piperidine rings is 1. The van der Waals surface area contributed by atoms with Gasteiger partial charge in [-0.05, 0) is 74.7 Å². The third-order valence-electron chi connectivity index (χ3n) is 5.37. The number of amides is 1. The SMILES string of the molecule is CCOC(=O)C1CCN(C(=O)COc2ccc(S(=O)(=O)Nc3ccc(Cl)cc3)cc2C)CC1. The maximum Gasteiger partial charge on any atom is 0.309 e. The highest BCUT2D eigenvalue weighted by Gasteiger charge is 2.28. The minimum Gasteiger partial charge on any atom is -0.483 e. The molecule has 33 heavy (non-hydrogen) atoms. The molecule has 1 aliphatic rings. The molecule has 1 N–H and O–H groups in total. The molecular formula is C23H27ClN2O6S. The highest BCUT2D eigenvalue weighted by atomic mass is 35.5. The molecule has 0 atom stereocenters. The molecule has 1 saturated heterocycles. The van der Waals surface area contributed by atoms with Gasteiger partial charge < -0.3 is 14.4 Å². The lowest BCUT2D eigenvalue weighted by molar-refractivity contribution is -0.151. The van der Waals surface area contributed by atoms with Crippen molar-refractivity contribution in [3.05, 3.63) is 53.1 Å². The maximum absolute atomic E-state index is 12.7. The molecular weight excluding hydrogens is 468 g/mol. The number of anilines is 1. The summed E-state index contributed by atoms with van der Waals surface area (Å²) in [5.74, 6) is -0.141. The van der Waals surface area contributed by atoms with Crippen LogP contribution in [0.5, 0.6) is 5.75 Å². The highest BCUT2D eigenvalue weighted by molar-refractivity contribution is 7.92. The van der Waals surface area contributed by atoms with Crippen LogP contribution in [-0.2, 0) is 24.3 Å². The van der Waals surface area contributed by atoms with Gasteiger partial charge in [0.25, 0.3) is 15.9 Å². The van der Waals surface area contributed by atoms with Crippen molar-refractivity contribution in [2.45, 2.75) is 31.6 Å². The van der Waals surface area contributed by atoms with Crippen molar-refractivity contribution >= 4 is 39.2 Å². The zero-order valence-electron chi connectivity index (χ0n) is 18.5. The Kier molecular flexibility index (Phi) is 8.20. The van der Waals surface area contributed by atoms with Crippen LogP contribution in [0, 0.1) is 12.8 Å². The first kappa shape index (κ1) is 24.9. The molecule has 1 fully saturated rings. The molecule has 0 aromatic heterocycles. The predicted octanol–water partition coefficient (Wildman–Crippen LogP) is 3.63. The van der Waals surface area contributed by atoms with Gasteiger partial charge in [0.15, 0.2) is 6.61 Å². The Bertz CT molecular complexity index is 1100. The molecule has 0 unspecified atom stereocenters. The third-order valence-corrected chi connectivity index (χ3v) is 7.00. The molecule has 0 spiro atoms. The summed E-state index contributed by atoms with van der Waals surface area (Å²) in [6.07, 6.45) is 1.13. The Hall–Kier alpha value is -2.78. The number of rotatable bonds is 8. The van der Waals surface area contributed by atoms with Crippen LogP contribution in [-0.4, -0.2) is 51.5 Å². The number of nitrogens with one attached hydrogen (secondary N) is 1. The molecule has 1 amide bonds. The summed E-state index contributed by atoms with van der Waals surface area (Å²) < 4.78 is 38.5. The van der Waals surface area contributed by atoms with Gasteiger partial charge >= 0.3 is 5.97 Å². The second kappa shape index (κ2) is 10.9. The van der Waals surface area contributed by atoms with E-state index in [0.717, 1.165) is 0 Å². The average Bonchev–Trinajstić information content (AvgIpc) is 2.79. The van der Waals surface area contributed by atoms with Crippen molar-refractivity contribution in [1.82, 2.24) is 4.90 Å². The zero-order valence-corrected chi connectivity index (χ0v) is 20.1. The van der Waals surface area contributed by atoms with E-state index >= 15 is 0 Å². The lowest BCUT2D eigenvalue weighted by Gasteiger charge is -2.30. The monoisotopic (exact) mass is 494 g/mol. The van der Waals surface area contributed by atoms with Crippen molar-refractivity contribution in [2.75, 3.05) is 31.0 Å². The number of carbonyl (C=O) groups excluding carboxylic acids is 2. The Morgan fingerprint density at radius 3 is 2.39 bits per heavy atom. The molecule has 0 bridgehead atoms. The molecule has 1 heterocycles. The number of sulfonamides is 1. The molecule has 0 aliphatic carbocycles. The van der Waals surface area contributed by atoms with Gasteiger partial charge in [-0.3, -0.25) is 14.3 Å². The number of likely N-dealkylation sites (tertiary alicyclic amines) is 1. The van der Waals surface area contributed by atoms with E-state index in [-0.39, 0.29) is 29.3 Å². The summed E-state index contributed by atoms with van der Waals surface area (Å²) >= 11 is 5.83. The first-order valence-electron chi connectivity index (χ1n) is 10.7. The van der Waals surface area contributed by atoms with Crippen molar-refractivity contribution in [3.8, 4) is 5.75 Å². The fourth-order valence-corrected chi connectivity index (χ4v) is 4.81. The van der Waals surface area contributed by atoms with E-state index in [2.05, 4.69) is 4.72 Å². The topological polar surface area (TPSA) is 102 Å². The van der Waals surface area contributed by atoms with Crippen molar-refractivity contribution in [2.24, 2.45) is 5.92 Å². The average molecular weight is 495 g/mol. The van der Waals surface area contributed by atoms with E-state index in [4.69, 9.17) is 21.1 Å². The minimum absolute atomic E-state index is 0.0784. The van der Waals surface area contributed by atoms with E-state index in [1.54, 1.807) is 43.0 Å². The van der Waals surface area contributed by atoms with E-state index < -0.39 is 10.0 Å². The number of halogens is 1.